The second kappa shape index (κ2) is 5.75. The molecule has 2 aromatic carbocycles. The number of benzene rings is 2. The fourth-order valence-corrected chi connectivity index (χ4v) is 2.93. The van der Waals surface area contributed by atoms with Crippen molar-refractivity contribution >= 4 is 39.4 Å². The van der Waals surface area contributed by atoms with Gasteiger partial charge in [0.05, 0.1) is 0 Å². The molecule has 18 heavy (non-hydrogen) atoms. The van der Waals surface area contributed by atoms with E-state index in [9.17, 15) is 18.6 Å². The number of hydrogen-bond donors (Lipinski definition) is 2. The van der Waals surface area contributed by atoms with E-state index >= 15 is 0 Å². The van der Waals surface area contributed by atoms with Crippen LogP contribution in [0.15, 0.2) is 58.3 Å². The van der Waals surface area contributed by atoms with Gasteiger partial charge >= 0.3 is 0 Å². The van der Waals surface area contributed by atoms with Gasteiger partial charge in [-0.2, -0.15) is 0 Å². The Kier molecular flexibility index (Phi) is 4.81. The standard InChI is InChI=1S/C12H10O4S.Na/c13-9-5-1-3-7-11(9)17(15,16)12-8-4-2-6-10(12)14;/h1-8,13-14H;. The largest absolute Gasteiger partial charge is 0.507 e. The van der Waals surface area contributed by atoms with Crippen LogP contribution in [-0.4, -0.2) is 48.2 Å². The number of aromatic hydroxyl groups is 2. The summed E-state index contributed by atoms with van der Waals surface area (Å²) in [5.74, 6) is -0.675. The van der Waals surface area contributed by atoms with Crippen molar-refractivity contribution in [1.29, 1.82) is 0 Å². The molecule has 2 N–H and O–H groups in total. The van der Waals surface area contributed by atoms with Crippen molar-refractivity contribution in [2.75, 3.05) is 0 Å². The molecule has 2 rings (SSSR count). The van der Waals surface area contributed by atoms with Crippen LogP contribution in [0.5, 0.6) is 11.5 Å². The van der Waals surface area contributed by atoms with Gasteiger partial charge in [-0.05, 0) is 24.3 Å². The average molecular weight is 273 g/mol. The van der Waals surface area contributed by atoms with E-state index < -0.39 is 9.84 Å². The van der Waals surface area contributed by atoms with Crippen molar-refractivity contribution in [1.82, 2.24) is 0 Å². The van der Waals surface area contributed by atoms with Crippen LogP contribution in [0.25, 0.3) is 0 Å². The summed E-state index contributed by atoms with van der Waals surface area (Å²) in [6, 6.07) is 11.2. The van der Waals surface area contributed by atoms with Gasteiger partial charge in [0, 0.05) is 29.6 Å². The molecule has 0 spiro atoms. The molecule has 6 heteroatoms. The molecule has 89 valence electrons. The zero-order valence-corrected chi connectivity index (χ0v) is 12.6. The maximum Gasteiger partial charge on any atom is 0.213 e. The number of phenols is 2. The predicted octanol–water partition coefficient (Wildman–Crippen LogP) is 1.55. The third-order valence-corrected chi connectivity index (χ3v) is 4.16. The van der Waals surface area contributed by atoms with Gasteiger partial charge in [-0.3, -0.25) is 0 Å². The first kappa shape index (κ1) is 15.0. The molecule has 4 nitrogen and oxygen atoms in total. The van der Waals surface area contributed by atoms with Crippen LogP contribution >= 0.6 is 0 Å². The van der Waals surface area contributed by atoms with E-state index in [1.54, 1.807) is 0 Å². The van der Waals surface area contributed by atoms with Gasteiger partial charge < -0.3 is 10.2 Å². The minimum absolute atomic E-state index is 0. The van der Waals surface area contributed by atoms with Crippen LogP contribution in [0.3, 0.4) is 0 Å². The van der Waals surface area contributed by atoms with Crippen LogP contribution in [0, 0.1) is 0 Å². The molecular formula is C12H10NaO4S. The quantitative estimate of drug-likeness (QED) is 0.814. The third kappa shape index (κ3) is 2.70. The molecule has 0 unspecified atom stereocenters. The SMILES string of the molecule is O=S(=O)(c1ccccc1O)c1ccccc1O.[Na]. The van der Waals surface area contributed by atoms with Gasteiger partial charge in [-0.25, -0.2) is 8.42 Å². The maximum atomic E-state index is 12.2. The summed E-state index contributed by atoms with van der Waals surface area (Å²) in [6.45, 7) is 0. The van der Waals surface area contributed by atoms with E-state index in [0.717, 1.165) is 0 Å². The van der Waals surface area contributed by atoms with Gasteiger partial charge in [0.1, 0.15) is 21.3 Å². The van der Waals surface area contributed by atoms with Crippen LogP contribution in [0.4, 0.5) is 0 Å². The average Bonchev–Trinajstić information content (AvgIpc) is 2.29. The molecule has 0 atom stereocenters. The first-order valence-electron chi connectivity index (χ1n) is 4.84. The Bertz CT molecular complexity index is 601. The molecular weight excluding hydrogens is 263 g/mol. The van der Waals surface area contributed by atoms with Crippen LogP contribution < -0.4 is 0 Å². The molecule has 0 bridgehead atoms. The third-order valence-electron chi connectivity index (χ3n) is 2.31. The molecule has 0 fully saturated rings. The molecule has 2 aromatic rings. The predicted molar refractivity (Wildman–Crippen MR) is 67.4 cm³/mol. The Labute approximate surface area is 127 Å². The second-order valence-electron chi connectivity index (χ2n) is 3.44. The van der Waals surface area contributed by atoms with E-state index in [1.165, 1.54) is 48.5 Å². The van der Waals surface area contributed by atoms with E-state index in [2.05, 4.69) is 0 Å². The summed E-state index contributed by atoms with van der Waals surface area (Å²) in [7, 11) is -3.90. The van der Waals surface area contributed by atoms with Crippen molar-refractivity contribution in [2.24, 2.45) is 0 Å². The van der Waals surface area contributed by atoms with Gasteiger partial charge in [0.15, 0.2) is 0 Å². The molecule has 0 saturated heterocycles. The molecule has 0 amide bonds. The Morgan fingerprint density at radius 2 is 1.06 bits per heavy atom. The summed E-state index contributed by atoms with van der Waals surface area (Å²) in [4.78, 5) is -0.442. The minimum atomic E-state index is -3.90. The first-order valence-corrected chi connectivity index (χ1v) is 6.33. The number of rotatable bonds is 2. The van der Waals surface area contributed by atoms with Crippen LogP contribution in [0.1, 0.15) is 0 Å². The second-order valence-corrected chi connectivity index (χ2v) is 5.33. The van der Waals surface area contributed by atoms with Crippen molar-refractivity contribution < 1.29 is 18.6 Å². The Morgan fingerprint density at radius 3 is 1.39 bits per heavy atom. The van der Waals surface area contributed by atoms with Crippen LogP contribution in [-0.2, 0) is 9.84 Å². The molecule has 0 aliphatic carbocycles. The summed E-state index contributed by atoms with van der Waals surface area (Å²) < 4.78 is 24.3. The fraction of sp³-hybridized carbons (Fsp3) is 0. The summed E-state index contributed by atoms with van der Waals surface area (Å²) in [6.07, 6.45) is 0. The Morgan fingerprint density at radius 1 is 0.722 bits per heavy atom. The topological polar surface area (TPSA) is 74.6 Å². The summed E-state index contributed by atoms with van der Waals surface area (Å²) in [5.41, 5.74) is 0. The molecule has 1 radical (unpaired) electrons. The van der Waals surface area contributed by atoms with Crippen molar-refractivity contribution in [3.63, 3.8) is 0 Å². The number of para-hydroxylation sites is 2. The fourth-order valence-electron chi connectivity index (χ4n) is 1.49. The Hall–Kier alpha value is -1.01. The van der Waals surface area contributed by atoms with E-state index in [1.807, 2.05) is 0 Å². The van der Waals surface area contributed by atoms with Crippen LogP contribution in [0.2, 0.25) is 0 Å². The molecule has 0 aliphatic rings. The van der Waals surface area contributed by atoms with E-state index in [0.29, 0.717) is 0 Å². The van der Waals surface area contributed by atoms with E-state index in [4.69, 9.17) is 0 Å². The zero-order valence-electron chi connectivity index (χ0n) is 9.74. The summed E-state index contributed by atoms with van der Waals surface area (Å²) in [5, 5.41) is 19.1. The monoisotopic (exact) mass is 273 g/mol. The van der Waals surface area contributed by atoms with Gasteiger partial charge in [0.2, 0.25) is 9.84 Å². The molecule has 0 aromatic heterocycles. The first-order chi connectivity index (χ1) is 8.03. The number of sulfone groups is 1. The van der Waals surface area contributed by atoms with Gasteiger partial charge in [-0.1, -0.05) is 24.3 Å². The number of phenolic OH excluding ortho intramolecular Hbond substituents is 2. The van der Waals surface area contributed by atoms with Crippen molar-refractivity contribution in [2.45, 2.75) is 9.79 Å². The number of hydrogen-bond acceptors (Lipinski definition) is 4. The minimum Gasteiger partial charge on any atom is -0.507 e. The van der Waals surface area contributed by atoms with Crippen molar-refractivity contribution in [3.05, 3.63) is 48.5 Å². The molecule has 0 aliphatic heterocycles. The van der Waals surface area contributed by atoms with Crippen molar-refractivity contribution in [3.8, 4) is 11.5 Å². The summed E-state index contributed by atoms with van der Waals surface area (Å²) >= 11 is 0. The maximum absolute atomic E-state index is 12.2. The van der Waals surface area contributed by atoms with E-state index in [-0.39, 0.29) is 50.8 Å². The molecule has 0 saturated carbocycles. The van der Waals surface area contributed by atoms with Gasteiger partial charge in [0.25, 0.3) is 0 Å². The van der Waals surface area contributed by atoms with Gasteiger partial charge in [-0.15, -0.1) is 0 Å². The zero-order chi connectivity index (χ0) is 12.5. The molecule has 0 heterocycles. The normalized spacial score (nSPS) is 10.7. The smallest absolute Gasteiger partial charge is 0.213 e. The Balaban J connectivity index is 0.00000162.